The van der Waals surface area contributed by atoms with E-state index in [1.807, 2.05) is 0 Å². The van der Waals surface area contributed by atoms with Crippen molar-refractivity contribution >= 4 is 5.97 Å². The second-order valence-corrected chi connectivity index (χ2v) is 3.55. The molecule has 0 saturated carbocycles. The van der Waals surface area contributed by atoms with Gasteiger partial charge in [0.2, 0.25) is 0 Å². The monoisotopic (exact) mass is 247 g/mol. The number of hydrogen-bond acceptors (Lipinski definition) is 3. The van der Waals surface area contributed by atoms with E-state index in [0.29, 0.717) is 11.1 Å². The molecule has 92 valence electrons. The van der Waals surface area contributed by atoms with E-state index in [0.717, 1.165) is 0 Å². The van der Waals surface area contributed by atoms with Gasteiger partial charge in [-0.2, -0.15) is 0 Å². The number of hydrogen-bond donors (Lipinski definition) is 1. The van der Waals surface area contributed by atoms with Gasteiger partial charge in [-0.1, -0.05) is 18.2 Å². The Bertz CT molecular complexity index is 599. The van der Waals surface area contributed by atoms with Crippen molar-refractivity contribution in [3.63, 3.8) is 0 Å². The molecule has 1 aromatic heterocycles. The molecule has 2 aromatic rings. The molecule has 0 saturated heterocycles. The molecule has 0 atom stereocenters. The van der Waals surface area contributed by atoms with Gasteiger partial charge >= 0.3 is 5.97 Å². The molecule has 18 heavy (non-hydrogen) atoms. The highest BCUT2D eigenvalue weighted by atomic mass is 19.1. The summed E-state index contributed by atoms with van der Waals surface area (Å²) in [4.78, 5) is 14.5. The fraction of sp³-hybridized carbons (Fsp3) is 0.0769. The number of aromatic nitrogens is 1. The van der Waals surface area contributed by atoms with Crippen molar-refractivity contribution in [1.29, 1.82) is 0 Å². The Labute approximate surface area is 103 Å². The van der Waals surface area contributed by atoms with Crippen LogP contribution in [0.2, 0.25) is 0 Å². The van der Waals surface area contributed by atoms with E-state index >= 15 is 0 Å². The average Bonchev–Trinajstić information content (AvgIpc) is 2.38. The highest BCUT2D eigenvalue weighted by molar-refractivity contribution is 5.87. The van der Waals surface area contributed by atoms with Crippen LogP contribution in [0.4, 0.5) is 4.39 Å². The van der Waals surface area contributed by atoms with Gasteiger partial charge in [0.15, 0.2) is 5.69 Å². The number of carbonyl (C=O) groups is 1. The minimum absolute atomic E-state index is 0.146. The van der Waals surface area contributed by atoms with E-state index in [1.165, 1.54) is 25.4 Å². The summed E-state index contributed by atoms with van der Waals surface area (Å²) in [5.74, 6) is -1.30. The van der Waals surface area contributed by atoms with E-state index < -0.39 is 11.8 Å². The lowest BCUT2D eigenvalue weighted by molar-refractivity contribution is 0.0690. The quantitative estimate of drug-likeness (QED) is 0.905. The number of carboxylic acid groups (broad SMARTS) is 1. The molecule has 0 spiro atoms. The predicted octanol–water partition coefficient (Wildman–Crippen LogP) is 2.59. The average molecular weight is 247 g/mol. The van der Waals surface area contributed by atoms with Crippen LogP contribution in [-0.2, 0) is 0 Å². The summed E-state index contributed by atoms with van der Waals surface area (Å²) in [7, 11) is 1.39. The zero-order chi connectivity index (χ0) is 13.1. The molecule has 4 nitrogen and oxygen atoms in total. The lowest BCUT2D eigenvalue weighted by atomic mass is 10.1. The highest BCUT2D eigenvalue weighted by Crippen LogP contribution is 2.31. The Morgan fingerprint density at radius 3 is 2.67 bits per heavy atom. The third-order valence-corrected chi connectivity index (χ3v) is 2.47. The van der Waals surface area contributed by atoms with Crippen molar-refractivity contribution in [2.75, 3.05) is 7.11 Å². The van der Waals surface area contributed by atoms with Crippen LogP contribution in [0.15, 0.2) is 36.5 Å². The van der Waals surface area contributed by atoms with Crippen LogP contribution in [0.5, 0.6) is 5.75 Å². The number of benzene rings is 1. The molecule has 0 aliphatic rings. The number of methoxy groups -OCH3 is 1. The van der Waals surface area contributed by atoms with Gasteiger partial charge in [-0.05, 0) is 6.07 Å². The lowest BCUT2D eigenvalue weighted by Gasteiger charge is -2.09. The molecule has 1 N–H and O–H groups in total. The van der Waals surface area contributed by atoms with Crippen LogP contribution in [0, 0.1) is 5.82 Å². The molecule has 0 radical (unpaired) electrons. The van der Waals surface area contributed by atoms with Crippen LogP contribution in [0.1, 0.15) is 10.5 Å². The Morgan fingerprint density at radius 1 is 1.33 bits per heavy atom. The van der Waals surface area contributed by atoms with Gasteiger partial charge in [0.1, 0.15) is 11.6 Å². The van der Waals surface area contributed by atoms with Crippen molar-refractivity contribution in [3.8, 4) is 16.9 Å². The Hall–Kier alpha value is -2.43. The Balaban J connectivity index is 2.58. The number of nitrogens with zero attached hydrogens (tertiary/aromatic N) is 1. The van der Waals surface area contributed by atoms with Crippen LogP contribution in [0.25, 0.3) is 11.1 Å². The maximum atomic E-state index is 13.7. The summed E-state index contributed by atoms with van der Waals surface area (Å²) >= 11 is 0. The molecule has 1 aromatic carbocycles. The lowest BCUT2D eigenvalue weighted by Crippen LogP contribution is -2.02. The third-order valence-electron chi connectivity index (χ3n) is 2.47. The first-order chi connectivity index (χ1) is 8.63. The molecule has 2 rings (SSSR count). The van der Waals surface area contributed by atoms with Crippen molar-refractivity contribution < 1.29 is 19.0 Å². The minimum atomic E-state index is -1.16. The predicted molar refractivity (Wildman–Crippen MR) is 63.1 cm³/mol. The van der Waals surface area contributed by atoms with Crippen molar-refractivity contribution in [2.24, 2.45) is 0 Å². The van der Waals surface area contributed by atoms with E-state index in [4.69, 9.17) is 9.84 Å². The molecule has 0 unspecified atom stereocenters. The number of ether oxygens (including phenoxy) is 1. The topological polar surface area (TPSA) is 59.4 Å². The molecule has 0 aliphatic carbocycles. The third kappa shape index (κ3) is 2.15. The van der Waals surface area contributed by atoms with Gasteiger partial charge in [-0.25, -0.2) is 14.2 Å². The van der Waals surface area contributed by atoms with Crippen LogP contribution in [-0.4, -0.2) is 23.2 Å². The van der Waals surface area contributed by atoms with Crippen molar-refractivity contribution in [1.82, 2.24) is 4.98 Å². The Kier molecular flexibility index (Phi) is 3.23. The normalized spacial score (nSPS) is 10.1. The molecule has 0 fully saturated rings. The maximum Gasteiger partial charge on any atom is 0.354 e. The standard InChI is InChI=1S/C13H10FNO3/c1-18-12-6-11(13(16)17)15-7-9(12)8-4-2-3-5-10(8)14/h2-7H,1H3,(H,16,17). The highest BCUT2D eigenvalue weighted by Gasteiger charge is 2.14. The van der Waals surface area contributed by atoms with E-state index in [9.17, 15) is 9.18 Å². The number of aromatic carboxylic acids is 1. The molecule has 0 bridgehead atoms. The van der Waals surface area contributed by atoms with E-state index in [1.54, 1.807) is 18.2 Å². The molecular weight excluding hydrogens is 237 g/mol. The summed E-state index contributed by atoms with van der Waals surface area (Å²) in [6.07, 6.45) is 1.29. The largest absolute Gasteiger partial charge is 0.496 e. The van der Waals surface area contributed by atoms with E-state index in [-0.39, 0.29) is 11.4 Å². The summed E-state index contributed by atoms with van der Waals surface area (Å²) in [6, 6.07) is 7.42. The first-order valence-electron chi connectivity index (χ1n) is 5.15. The van der Waals surface area contributed by atoms with Gasteiger partial charge in [-0.3, -0.25) is 0 Å². The molecule has 5 heteroatoms. The second-order valence-electron chi connectivity index (χ2n) is 3.55. The SMILES string of the molecule is COc1cc(C(=O)O)ncc1-c1ccccc1F. The van der Waals surface area contributed by atoms with Crippen molar-refractivity contribution in [2.45, 2.75) is 0 Å². The van der Waals surface area contributed by atoms with Crippen LogP contribution >= 0.6 is 0 Å². The van der Waals surface area contributed by atoms with E-state index in [2.05, 4.69) is 4.98 Å². The summed E-state index contributed by atoms with van der Waals surface area (Å²) in [5, 5.41) is 8.83. The zero-order valence-electron chi connectivity index (χ0n) is 9.55. The fourth-order valence-electron chi connectivity index (χ4n) is 1.60. The summed E-state index contributed by atoms with van der Waals surface area (Å²) in [6.45, 7) is 0. The van der Waals surface area contributed by atoms with Gasteiger partial charge in [0.05, 0.1) is 7.11 Å². The number of carboxylic acids is 1. The smallest absolute Gasteiger partial charge is 0.354 e. The number of halogens is 1. The molecule has 0 aliphatic heterocycles. The number of pyridine rings is 1. The fourth-order valence-corrected chi connectivity index (χ4v) is 1.60. The molecule has 0 amide bonds. The maximum absolute atomic E-state index is 13.7. The van der Waals surface area contributed by atoms with Gasteiger partial charge in [0.25, 0.3) is 0 Å². The van der Waals surface area contributed by atoms with Crippen molar-refractivity contribution in [3.05, 3.63) is 48.0 Å². The Morgan fingerprint density at radius 2 is 2.06 bits per heavy atom. The van der Waals surface area contributed by atoms with Gasteiger partial charge in [-0.15, -0.1) is 0 Å². The second kappa shape index (κ2) is 4.83. The van der Waals surface area contributed by atoms with Crippen LogP contribution < -0.4 is 4.74 Å². The summed E-state index contributed by atoms with van der Waals surface area (Å²) < 4.78 is 18.7. The van der Waals surface area contributed by atoms with Gasteiger partial charge in [0, 0.05) is 23.4 Å². The molecule has 1 heterocycles. The minimum Gasteiger partial charge on any atom is -0.496 e. The summed E-state index contributed by atoms with van der Waals surface area (Å²) in [5.41, 5.74) is 0.589. The molecular formula is C13H10FNO3. The zero-order valence-corrected chi connectivity index (χ0v) is 9.55. The first-order valence-corrected chi connectivity index (χ1v) is 5.15. The van der Waals surface area contributed by atoms with Crippen LogP contribution in [0.3, 0.4) is 0 Å². The number of rotatable bonds is 3. The first kappa shape index (κ1) is 12.0. The van der Waals surface area contributed by atoms with Gasteiger partial charge < -0.3 is 9.84 Å².